The van der Waals surface area contributed by atoms with E-state index in [1.165, 1.54) is 54.4 Å². The summed E-state index contributed by atoms with van der Waals surface area (Å²) >= 11 is 0. The van der Waals surface area contributed by atoms with E-state index in [1.54, 1.807) is 0 Å². The Morgan fingerprint density at radius 2 is 1.47 bits per heavy atom. The van der Waals surface area contributed by atoms with Gasteiger partial charge in [0.1, 0.15) is 0 Å². The second-order valence-electron chi connectivity index (χ2n) is 4.67. The fraction of sp³-hybridized carbons (Fsp3) is 0.600. The zero-order chi connectivity index (χ0) is 11.3. The molecule has 0 saturated carbocycles. The molecule has 84 valence electrons. The lowest BCUT2D eigenvalue weighted by Gasteiger charge is -2.08. The number of benzene rings is 1. The lowest BCUT2D eigenvalue weighted by Crippen LogP contribution is -1.92. The summed E-state index contributed by atoms with van der Waals surface area (Å²) in [6.07, 6.45) is 6.68. The van der Waals surface area contributed by atoms with Crippen molar-refractivity contribution in [2.24, 2.45) is 0 Å². The predicted octanol–water partition coefficient (Wildman–Crippen LogP) is 4.73. The monoisotopic (exact) mass is 204 g/mol. The van der Waals surface area contributed by atoms with Crippen LogP contribution in [-0.2, 0) is 6.42 Å². The average molecular weight is 204 g/mol. The third-order valence-corrected chi connectivity index (χ3v) is 3.31. The highest BCUT2D eigenvalue weighted by atomic mass is 14.1. The molecule has 15 heavy (non-hydrogen) atoms. The van der Waals surface area contributed by atoms with Crippen LogP contribution in [0.25, 0.3) is 0 Å². The van der Waals surface area contributed by atoms with Gasteiger partial charge < -0.3 is 0 Å². The Labute approximate surface area is 94.7 Å². The third-order valence-electron chi connectivity index (χ3n) is 3.31. The maximum Gasteiger partial charge on any atom is -0.0279 e. The van der Waals surface area contributed by atoms with Crippen molar-refractivity contribution >= 4 is 0 Å². The lowest BCUT2D eigenvalue weighted by molar-refractivity contribution is 0.666. The fourth-order valence-electron chi connectivity index (χ4n) is 2.03. The summed E-state index contributed by atoms with van der Waals surface area (Å²) in [5, 5.41) is 0. The third kappa shape index (κ3) is 3.70. The van der Waals surface area contributed by atoms with E-state index in [9.17, 15) is 0 Å². The number of unbranched alkanes of at least 4 members (excludes halogenated alkanes) is 3. The predicted molar refractivity (Wildman–Crippen MR) is 68.5 cm³/mol. The first kappa shape index (κ1) is 12.3. The molecular weight excluding hydrogens is 180 g/mol. The van der Waals surface area contributed by atoms with Gasteiger partial charge in [-0.05, 0) is 55.9 Å². The van der Waals surface area contributed by atoms with Crippen molar-refractivity contribution in [1.29, 1.82) is 0 Å². The SMILES string of the molecule is CCCCCCc1cc(C)c(C)c(C)c1. The maximum absolute atomic E-state index is 2.36. The first-order chi connectivity index (χ1) is 7.15. The van der Waals surface area contributed by atoms with Crippen LogP contribution < -0.4 is 0 Å². The van der Waals surface area contributed by atoms with E-state index in [0.717, 1.165) is 0 Å². The summed E-state index contributed by atoms with van der Waals surface area (Å²) in [6, 6.07) is 4.71. The molecule has 1 rings (SSSR count). The van der Waals surface area contributed by atoms with E-state index in [4.69, 9.17) is 0 Å². The zero-order valence-corrected chi connectivity index (χ0v) is 10.7. The molecule has 0 bridgehead atoms. The second kappa shape index (κ2) is 5.95. The molecule has 0 radical (unpaired) electrons. The quantitative estimate of drug-likeness (QED) is 0.608. The normalized spacial score (nSPS) is 10.7. The molecule has 0 nitrogen and oxygen atoms in total. The average Bonchev–Trinajstić information content (AvgIpc) is 2.21. The Morgan fingerprint density at radius 1 is 0.867 bits per heavy atom. The molecule has 0 aliphatic carbocycles. The van der Waals surface area contributed by atoms with Gasteiger partial charge in [-0.25, -0.2) is 0 Å². The van der Waals surface area contributed by atoms with Crippen LogP contribution >= 0.6 is 0 Å². The van der Waals surface area contributed by atoms with Crippen molar-refractivity contribution in [2.75, 3.05) is 0 Å². The first-order valence-electron chi connectivity index (χ1n) is 6.22. The van der Waals surface area contributed by atoms with Crippen LogP contribution in [0.5, 0.6) is 0 Å². The van der Waals surface area contributed by atoms with Crippen LogP contribution in [0.1, 0.15) is 54.9 Å². The molecule has 0 aromatic heterocycles. The van der Waals surface area contributed by atoms with Gasteiger partial charge in [-0.3, -0.25) is 0 Å². The number of aryl methyl sites for hydroxylation is 3. The second-order valence-corrected chi connectivity index (χ2v) is 4.67. The summed E-state index contributed by atoms with van der Waals surface area (Å²) < 4.78 is 0. The molecular formula is C15H24. The summed E-state index contributed by atoms with van der Waals surface area (Å²) in [7, 11) is 0. The lowest BCUT2D eigenvalue weighted by atomic mass is 9.97. The van der Waals surface area contributed by atoms with E-state index in [0.29, 0.717) is 0 Å². The Balaban J connectivity index is 2.55. The van der Waals surface area contributed by atoms with Crippen molar-refractivity contribution in [3.05, 3.63) is 34.4 Å². The van der Waals surface area contributed by atoms with E-state index in [-0.39, 0.29) is 0 Å². The van der Waals surface area contributed by atoms with Crippen LogP contribution in [0.4, 0.5) is 0 Å². The first-order valence-corrected chi connectivity index (χ1v) is 6.22. The minimum absolute atomic E-state index is 1.25. The number of hydrogen-bond donors (Lipinski definition) is 0. The molecule has 0 N–H and O–H groups in total. The van der Waals surface area contributed by atoms with Gasteiger partial charge in [0, 0.05) is 0 Å². The van der Waals surface area contributed by atoms with Crippen LogP contribution in [0, 0.1) is 20.8 Å². The van der Waals surface area contributed by atoms with Gasteiger partial charge in [-0.2, -0.15) is 0 Å². The van der Waals surface area contributed by atoms with E-state index < -0.39 is 0 Å². The summed E-state index contributed by atoms with van der Waals surface area (Å²) in [5.74, 6) is 0. The highest BCUT2D eigenvalue weighted by Crippen LogP contribution is 2.17. The molecule has 0 unspecified atom stereocenters. The Hall–Kier alpha value is -0.780. The highest BCUT2D eigenvalue weighted by Gasteiger charge is 2.00. The minimum atomic E-state index is 1.25. The zero-order valence-electron chi connectivity index (χ0n) is 10.7. The topological polar surface area (TPSA) is 0 Å². The Morgan fingerprint density at radius 3 is 2.00 bits per heavy atom. The molecule has 0 spiro atoms. The Kier molecular flexibility index (Phi) is 4.87. The molecule has 0 atom stereocenters. The van der Waals surface area contributed by atoms with Gasteiger partial charge in [0.05, 0.1) is 0 Å². The van der Waals surface area contributed by atoms with Crippen molar-refractivity contribution < 1.29 is 0 Å². The molecule has 0 aliphatic rings. The highest BCUT2D eigenvalue weighted by molar-refractivity contribution is 5.36. The van der Waals surface area contributed by atoms with Gasteiger partial charge in [0.2, 0.25) is 0 Å². The molecule has 0 heteroatoms. The van der Waals surface area contributed by atoms with Crippen molar-refractivity contribution in [1.82, 2.24) is 0 Å². The van der Waals surface area contributed by atoms with E-state index >= 15 is 0 Å². The van der Waals surface area contributed by atoms with Crippen molar-refractivity contribution in [3.63, 3.8) is 0 Å². The standard InChI is InChI=1S/C15H24/c1-5-6-7-8-9-15-10-12(2)14(4)13(3)11-15/h10-11H,5-9H2,1-4H3. The molecule has 0 amide bonds. The number of hydrogen-bond acceptors (Lipinski definition) is 0. The summed E-state index contributed by atoms with van der Waals surface area (Å²) in [4.78, 5) is 0. The van der Waals surface area contributed by atoms with Gasteiger partial charge in [0.25, 0.3) is 0 Å². The van der Waals surface area contributed by atoms with Crippen LogP contribution in [0.3, 0.4) is 0 Å². The van der Waals surface area contributed by atoms with Gasteiger partial charge >= 0.3 is 0 Å². The molecule has 0 saturated heterocycles. The minimum Gasteiger partial charge on any atom is -0.0654 e. The largest absolute Gasteiger partial charge is 0.0654 e. The van der Waals surface area contributed by atoms with Gasteiger partial charge in [0.15, 0.2) is 0 Å². The van der Waals surface area contributed by atoms with Gasteiger partial charge in [-0.15, -0.1) is 0 Å². The molecule has 0 aliphatic heterocycles. The number of rotatable bonds is 5. The Bertz CT molecular complexity index is 287. The molecule has 0 heterocycles. The van der Waals surface area contributed by atoms with E-state index in [1.807, 2.05) is 0 Å². The molecule has 1 aromatic rings. The summed E-state index contributed by atoms with van der Waals surface area (Å²) in [6.45, 7) is 8.92. The molecule has 0 fully saturated rings. The van der Waals surface area contributed by atoms with Gasteiger partial charge in [-0.1, -0.05) is 38.3 Å². The molecule has 1 aromatic carbocycles. The van der Waals surface area contributed by atoms with Crippen molar-refractivity contribution in [2.45, 2.75) is 59.8 Å². The van der Waals surface area contributed by atoms with Crippen LogP contribution in [0.15, 0.2) is 12.1 Å². The maximum atomic E-state index is 2.36. The fourth-order valence-corrected chi connectivity index (χ4v) is 2.03. The van der Waals surface area contributed by atoms with Crippen molar-refractivity contribution in [3.8, 4) is 0 Å². The van der Waals surface area contributed by atoms with Crippen LogP contribution in [0.2, 0.25) is 0 Å². The van der Waals surface area contributed by atoms with E-state index in [2.05, 4.69) is 39.8 Å². The summed E-state index contributed by atoms with van der Waals surface area (Å²) in [5.41, 5.74) is 5.86. The smallest absolute Gasteiger partial charge is 0.0279 e. The van der Waals surface area contributed by atoms with Crippen LogP contribution in [-0.4, -0.2) is 0 Å².